The third kappa shape index (κ3) is 28.5. The summed E-state index contributed by atoms with van der Waals surface area (Å²) in [6.07, 6.45) is 31.2. The Kier molecular flexibility index (Phi) is 37.4. The van der Waals surface area contributed by atoms with Crippen molar-refractivity contribution in [2.75, 3.05) is 13.2 Å². The van der Waals surface area contributed by atoms with Gasteiger partial charge in [0.25, 0.3) is 0 Å². The highest BCUT2D eigenvalue weighted by molar-refractivity contribution is 5.80. The molecule has 1 fully saturated rings. The third-order valence-corrected chi connectivity index (χ3v) is 12.3. The van der Waals surface area contributed by atoms with Gasteiger partial charge >= 0.3 is 0 Å². The van der Waals surface area contributed by atoms with Gasteiger partial charge in [0.05, 0.1) is 25.4 Å². The molecule has 0 spiro atoms. The molecule has 0 aromatic heterocycles. The standard InChI is InChI=1S/C49H95NO10/c1-3-5-7-9-11-13-15-17-19-20-21-23-25-27-29-31-33-35-37-42(53)48(58)50-40(39-59-49-47(57)46(56)45(55)43(38-51)60-49)44(54)41(52)36-34-32-30-28-26-24-22-18-16-14-12-10-8-6-4-2/h28,30,40-47,49,51-57H,3-27,29,31-39H2,1-2H3,(H,50,58)/b30-28+. The summed E-state index contributed by atoms with van der Waals surface area (Å²) in [6.45, 7) is 3.44. The van der Waals surface area contributed by atoms with Crippen LogP contribution >= 0.6 is 0 Å². The van der Waals surface area contributed by atoms with E-state index in [0.29, 0.717) is 12.8 Å². The Morgan fingerprint density at radius 2 is 0.983 bits per heavy atom. The van der Waals surface area contributed by atoms with Gasteiger partial charge in [0.2, 0.25) is 5.91 Å². The Bertz CT molecular complexity index is 986. The number of hydrogen-bond acceptors (Lipinski definition) is 10. The summed E-state index contributed by atoms with van der Waals surface area (Å²) in [5.41, 5.74) is 0. The van der Waals surface area contributed by atoms with E-state index in [4.69, 9.17) is 9.47 Å². The van der Waals surface area contributed by atoms with Crippen molar-refractivity contribution < 1.29 is 50.0 Å². The molecule has 9 unspecified atom stereocenters. The van der Waals surface area contributed by atoms with Crippen molar-refractivity contribution in [2.24, 2.45) is 0 Å². The van der Waals surface area contributed by atoms with E-state index in [-0.39, 0.29) is 12.8 Å². The zero-order valence-electron chi connectivity index (χ0n) is 38.5. The van der Waals surface area contributed by atoms with Crippen LogP contribution in [0.5, 0.6) is 0 Å². The van der Waals surface area contributed by atoms with Crippen molar-refractivity contribution in [3.05, 3.63) is 12.2 Å². The molecule has 0 aromatic carbocycles. The lowest BCUT2D eigenvalue weighted by Crippen LogP contribution is -2.60. The summed E-state index contributed by atoms with van der Waals surface area (Å²) < 4.78 is 11.1. The number of amides is 1. The number of nitrogens with one attached hydrogen (secondary N) is 1. The second-order valence-electron chi connectivity index (χ2n) is 17.9. The summed E-state index contributed by atoms with van der Waals surface area (Å²) in [7, 11) is 0. The molecular weight excluding hydrogens is 763 g/mol. The number of carbonyl (C=O) groups is 1. The van der Waals surface area contributed by atoms with Crippen LogP contribution in [0.4, 0.5) is 0 Å². The van der Waals surface area contributed by atoms with Crippen LogP contribution in [-0.2, 0) is 14.3 Å². The number of aliphatic hydroxyl groups is 7. The molecule has 9 atom stereocenters. The first-order valence-electron chi connectivity index (χ1n) is 25.1. The molecule has 0 aliphatic carbocycles. The van der Waals surface area contributed by atoms with Gasteiger partial charge in [-0.2, -0.15) is 0 Å². The van der Waals surface area contributed by atoms with Gasteiger partial charge in [0.15, 0.2) is 6.29 Å². The first-order chi connectivity index (χ1) is 29.2. The summed E-state index contributed by atoms with van der Waals surface area (Å²) in [5.74, 6) is -0.703. The molecule has 1 amide bonds. The normalized spacial score (nSPS) is 21.6. The van der Waals surface area contributed by atoms with Gasteiger partial charge in [0, 0.05) is 0 Å². The van der Waals surface area contributed by atoms with Gasteiger partial charge in [0.1, 0.15) is 36.6 Å². The molecule has 0 aromatic rings. The van der Waals surface area contributed by atoms with E-state index >= 15 is 0 Å². The topological polar surface area (TPSA) is 189 Å². The van der Waals surface area contributed by atoms with Crippen LogP contribution in [0.3, 0.4) is 0 Å². The maximum Gasteiger partial charge on any atom is 0.249 e. The fraction of sp³-hybridized carbons (Fsp3) is 0.939. The second-order valence-corrected chi connectivity index (χ2v) is 17.9. The Morgan fingerprint density at radius 1 is 0.567 bits per heavy atom. The average Bonchev–Trinajstić information content (AvgIpc) is 3.25. The molecule has 1 saturated heterocycles. The average molecular weight is 858 g/mol. The van der Waals surface area contributed by atoms with Crippen LogP contribution in [0.1, 0.15) is 226 Å². The van der Waals surface area contributed by atoms with Crippen molar-refractivity contribution in [2.45, 2.75) is 281 Å². The lowest BCUT2D eigenvalue weighted by molar-refractivity contribution is -0.303. The van der Waals surface area contributed by atoms with E-state index < -0.39 is 74.2 Å². The molecule has 11 heteroatoms. The molecule has 0 bridgehead atoms. The molecule has 11 nitrogen and oxygen atoms in total. The summed E-state index contributed by atoms with van der Waals surface area (Å²) in [6, 6.07) is -1.18. The van der Waals surface area contributed by atoms with Crippen molar-refractivity contribution in [3.63, 3.8) is 0 Å². The lowest BCUT2D eigenvalue weighted by Gasteiger charge is -2.40. The first-order valence-corrected chi connectivity index (χ1v) is 25.1. The number of aliphatic hydroxyl groups excluding tert-OH is 7. The van der Waals surface area contributed by atoms with Crippen LogP contribution in [0.2, 0.25) is 0 Å². The molecule has 1 aliphatic rings. The first kappa shape index (κ1) is 56.9. The lowest BCUT2D eigenvalue weighted by atomic mass is 9.98. The molecule has 1 heterocycles. The quantitative estimate of drug-likeness (QED) is 0.0218. The Hall–Kier alpha value is -1.15. The van der Waals surface area contributed by atoms with Gasteiger partial charge < -0.3 is 50.5 Å². The fourth-order valence-electron chi connectivity index (χ4n) is 8.15. The van der Waals surface area contributed by atoms with Crippen molar-refractivity contribution in [3.8, 4) is 0 Å². The Morgan fingerprint density at radius 3 is 1.43 bits per heavy atom. The van der Waals surface area contributed by atoms with Gasteiger partial charge in [-0.05, 0) is 38.5 Å². The van der Waals surface area contributed by atoms with Crippen LogP contribution in [0.15, 0.2) is 12.2 Å². The monoisotopic (exact) mass is 858 g/mol. The molecule has 1 rings (SSSR count). The van der Waals surface area contributed by atoms with E-state index in [1.165, 1.54) is 148 Å². The second kappa shape index (κ2) is 39.4. The smallest absolute Gasteiger partial charge is 0.249 e. The minimum atomic E-state index is -1.66. The zero-order chi connectivity index (χ0) is 44.1. The third-order valence-electron chi connectivity index (χ3n) is 12.3. The minimum absolute atomic E-state index is 0.259. The number of unbranched alkanes of at least 4 members (excludes halogenated alkanes) is 28. The predicted molar refractivity (Wildman–Crippen MR) is 243 cm³/mol. The number of ether oxygens (including phenoxy) is 2. The molecule has 1 aliphatic heterocycles. The van der Waals surface area contributed by atoms with Crippen LogP contribution in [0, 0.1) is 0 Å². The number of hydrogen-bond donors (Lipinski definition) is 8. The van der Waals surface area contributed by atoms with Crippen molar-refractivity contribution in [1.82, 2.24) is 5.32 Å². The maximum absolute atomic E-state index is 13.1. The molecular formula is C49H95NO10. The zero-order valence-corrected chi connectivity index (χ0v) is 38.5. The predicted octanol–water partition coefficient (Wildman–Crippen LogP) is 8.84. The summed E-state index contributed by atoms with van der Waals surface area (Å²) in [5, 5.41) is 75.8. The van der Waals surface area contributed by atoms with E-state index in [0.717, 1.165) is 38.5 Å². The molecule has 8 N–H and O–H groups in total. The van der Waals surface area contributed by atoms with Crippen LogP contribution in [0.25, 0.3) is 0 Å². The van der Waals surface area contributed by atoms with Crippen LogP contribution < -0.4 is 5.32 Å². The molecule has 356 valence electrons. The fourth-order valence-corrected chi connectivity index (χ4v) is 8.15. The molecule has 0 radical (unpaired) electrons. The highest BCUT2D eigenvalue weighted by Gasteiger charge is 2.44. The van der Waals surface area contributed by atoms with Gasteiger partial charge in [-0.3, -0.25) is 4.79 Å². The highest BCUT2D eigenvalue weighted by Crippen LogP contribution is 2.23. The van der Waals surface area contributed by atoms with Crippen molar-refractivity contribution in [1.29, 1.82) is 0 Å². The Labute approximate surface area is 366 Å². The number of rotatable bonds is 42. The molecule has 0 saturated carbocycles. The largest absolute Gasteiger partial charge is 0.394 e. The summed E-state index contributed by atoms with van der Waals surface area (Å²) >= 11 is 0. The highest BCUT2D eigenvalue weighted by atomic mass is 16.7. The van der Waals surface area contributed by atoms with Crippen molar-refractivity contribution >= 4 is 5.91 Å². The maximum atomic E-state index is 13.1. The Balaban J connectivity index is 2.42. The van der Waals surface area contributed by atoms with Gasteiger partial charge in [-0.25, -0.2) is 0 Å². The van der Waals surface area contributed by atoms with E-state index in [1.54, 1.807) is 0 Å². The number of allylic oxidation sites excluding steroid dienone is 2. The number of carbonyl (C=O) groups excluding carboxylic acids is 1. The van der Waals surface area contributed by atoms with Crippen LogP contribution in [-0.4, -0.2) is 110 Å². The molecule has 60 heavy (non-hydrogen) atoms. The van der Waals surface area contributed by atoms with E-state index in [1.807, 2.05) is 0 Å². The van der Waals surface area contributed by atoms with E-state index in [2.05, 4.69) is 31.3 Å². The van der Waals surface area contributed by atoms with Gasteiger partial charge in [-0.1, -0.05) is 199 Å². The van der Waals surface area contributed by atoms with E-state index in [9.17, 15) is 40.5 Å². The SMILES string of the molecule is CCCCCCCCCCCC/C=C/CCCC(O)C(O)C(COC1OC(CO)C(O)C(O)C1O)NC(=O)C(O)CCCCCCCCCCCCCCCCCCCC. The minimum Gasteiger partial charge on any atom is -0.394 e. The van der Waals surface area contributed by atoms with Gasteiger partial charge in [-0.15, -0.1) is 0 Å². The summed E-state index contributed by atoms with van der Waals surface area (Å²) in [4.78, 5) is 13.1.